The molecular weight excluding hydrogens is 288 g/mol. The van der Waals surface area contributed by atoms with Gasteiger partial charge in [-0.3, -0.25) is 15.0 Å². The molecule has 0 amide bonds. The van der Waals surface area contributed by atoms with Gasteiger partial charge in [0, 0.05) is 23.6 Å². The van der Waals surface area contributed by atoms with Crippen molar-refractivity contribution in [2.75, 3.05) is 13.1 Å². The maximum Gasteiger partial charge on any atom is 0.267 e. The molecule has 1 fully saturated rings. The SMILES string of the molecule is O=[N+]([O-])[C@@]12CN(Cc3ccccc3)C[C@@H]1C=Cc1ccccc12. The van der Waals surface area contributed by atoms with Crippen LogP contribution in [0.4, 0.5) is 0 Å². The minimum Gasteiger partial charge on any atom is -0.291 e. The Bertz CT molecular complexity index is 772. The van der Waals surface area contributed by atoms with Gasteiger partial charge in [0.15, 0.2) is 0 Å². The molecule has 1 saturated heterocycles. The standard InChI is InChI=1S/C19H18N2O2/c22-21(23)19-14-20(12-15-6-2-1-3-7-15)13-17(19)11-10-16-8-4-5-9-18(16)19/h1-11,17H,12-14H2/t17-,19-/m0/s1. The first-order valence-corrected chi connectivity index (χ1v) is 7.88. The van der Waals surface area contributed by atoms with Gasteiger partial charge in [0.1, 0.15) is 0 Å². The molecule has 23 heavy (non-hydrogen) atoms. The molecule has 116 valence electrons. The lowest BCUT2D eigenvalue weighted by Crippen LogP contribution is -2.44. The summed E-state index contributed by atoms with van der Waals surface area (Å²) in [5, 5.41) is 12.1. The lowest BCUT2D eigenvalue weighted by atomic mass is 9.75. The molecule has 0 saturated carbocycles. The maximum atomic E-state index is 12.1. The Hall–Kier alpha value is -2.46. The van der Waals surface area contributed by atoms with Crippen LogP contribution >= 0.6 is 0 Å². The van der Waals surface area contributed by atoms with Crippen molar-refractivity contribution in [2.45, 2.75) is 12.1 Å². The van der Waals surface area contributed by atoms with E-state index in [4.69, 9.17) is 0 Å². The lowest BCUT2D eigenvalue weighted by molar-refractivity contribution is -0.581. The number of benzene rings is 2. The lowest BCUT2D eigenvalue weighted by Gasteiger charge is -2.29. The molecule has 0 spiro atoms. The molecule has 2 aromatic rings. The molecule has 4 nitrogen and oxygen atoms in total. The van der Waals surface area contributed by atoms with Crippen LogP contribution in [0.2, 0.25) is 0 Å². The zero-order valence-corrected chi connectivity index (χ0v) is 12.8. The molecule has 0 bridgehead atoms. The van der Waals surface area contributed by atoms with Gasteiger partial charge in [-0.2, -0.15) is 0 Å². The number of likely N-dealkylation sites (tertiary alicyclic amines) is 1. The molecule has 1 heterocycles. The third-order valence-electron chi connectivity index (χ3n) is 5.04. The smallest absolute Gasteiger partial charge is 0.267 e. The summed E-state index contributed by atoms with van der Waals surface area (Å²) < 4.78 is 0. The predicted octanol–water partition coefficient (Wildman–Crippen LogP) is 3.32. The number of hydrogen-bond donors (Lipinski definition) is 0. The van der Waals surface area contributed by atoms with Gasteiger partial charge in [-0.1, -0.05) is 66.7 Å². The Morgan fingerprint density at radius 2 is 1.87 bits per heavy atom. The van der Waals surface area contributed by atoms with E-state index in [1.54, 1.807) is 0 Å². The van der Waals surface area contributed by atoms with Crippen LogP contribution in [-0.2, 0) is 12.1 Å². The van der Waals surface area contributed by atoms with Crippen LogP contribution in [0.1, 0.15) is 16.7 Å². The molecule has 0 unspecified atom stereocenters. The summed E-state index contributed by atoms with van der Waals surface area (Å²) in [4.78, 5) is 14.2. The van der Waals surface area contributed by atoms with E-state index in [0.717, 1.165) is 24.2 Å². The van der Waals surface area contributed by atoms with Gasteiger partial charge in [-0.05, 0) is 11.1 Å². The van der Waals surface area contributed by atoms with E-state index in [1.165, 1.54) is 5.56 Å². The third-order valence-corrected chi connectivity index (χ3v) is 5.04. The highest BCUT2D eigenvalue weighted by atomic mass is 16.6. The van der Waals surface area contributed by atoms with Crippen LogP contribution in [-0.4, -0.2) is 22.9 Å². The molecule has 1 aliphatic carbocycles. The molecular formula is C19H18N2O2. The van der Waals surface area contributed by atoms with Crippen molar-refractivity contribution in [2.24, 2.45) is 5.92 Å². The van der Waals surface area contributed by atoms with Crippen LogP contribution in [0.25, 0.3) is 6.08 Å². The normalized spacial score (nSPS) is 25.8. The molecule has 4 heteroatoms. The summed E-state index contributed by atoms with van der Waals surface area (Å²) in [6, 6.07) is 17.9. The van der Waals surface area contributed by atoms with Crippen molar-refractivity contribution in [1.29, 1.82) is 0 Å². The monoisotopic (exact) mass is 306 g/mol. The van der Waals surface area contributed by atoms with E-state index in [2.05, 4.69) is 17.0 Å². The second kappa shape index (κ2) is 5.32. The van der Waals surface area contributed by atoms with Gasteiger partial charge in [-0.15, -0.1) is 0 Å². The number of nitrogens with zero attached hydrogens (tertiary/aromatic N) is 2. The number of rotatable bonds is 3. The zero-order valence-electron chi connectivity index (χ0n) is 12.8. The van der Waals surface area contributed by atoms with Crippen molar-refractivity contribution in [3.05, 3.63) is 87.5 Å². The van der Waals surface area contributed by atoms with Gasteiger partial charge in [-0.25, -0.2) is 0 Å². The molecule has 4 rings (SSSR count). The summed E-state index contributed by atoms with van der Waals surface area (Å²) in [5.74, 6) is -0.0730. The van der Waals surface area contributed by atoms with Gasteiger partial charge < -0.3 is 0 Å². The Morgan fingerprint density at radius 1 is 1.13 bits per heavy atom. The molecule has 2 aromatic carbocycles. The van der Waals surface area contributed by atoms with Crippen molar-refractivity contribution >= 4 is 6.08 Å². The van der Waals surface area contributed by atoms with Crippen molar-refractivity contribution in [3.8, 4) is 0 Å². The molecule has 1 aliphatic heterocycles. The predicted molar refractivity (Wildman–Crippen MR) is 89.4 cm³/mol. The van der Waals surface area contributed by atoms with Gasteiger partial charge in [0.05, 0.1) is 12.5 Å². The first-order valence-electron chi connectivity index (χ1n) is 7.88. The topological polar surface area (TPSA) is 46.4 Å². The Kier molecular flexibility index (Phi) is 3.27. The van der Waals surface area contributed by atoms with E-state index in [9.17, 15) is 10.1 Å². The second-order valence-corrected chi connectivity index (χ2v) is 6.39. The highest BCUT2D eigenvalue weighted by Crippen LogP contribution is 2.45. The molecule has 0 radical (unpaired) electrons. The van der Waals surface area contributed by atoms with Crippen molar-refractivity contribution in [1.82, 2.24) is 4.90 Å². The van der Waals surface area contributed by atoms with Gasteiger partial charge >= 0.3 is 0 Å². The van der Waals surface area contributed by atoms with Crippen molar-refractivity contribution in [3.63, 3.8) is 0 Å². The molecule has 0 aromatic heterocycles. The summed E-state index contributed by atoms with van der Waals surface area (Å²) in [6.45, 7) is 1.94. The fraction of sp³-hybridized carbons (Fsp3) is 0.263. The van der Waals surface area contributed by atoms with Crippen LogP contribution in [0.5, 0.6) is 0 Å². The third kappa shape index (κ3) is 2.18. The van der Waals surface area contributed by atoms with E-state index in [0.29, 0.717) is 6.54 Å². The largest absolute Gasteiger partial charge is 0.291 e. The minimum atomic E-state index is -1.01. The number of nitro groups is 1. The minimum absolute atomic E-state index is 0.0645. The number of fused-ring (bicyclic) bond motifs is 3. The summed E-state index contributed by atoms with van der Waals surface area (Å²) >= 11 is 0. The van der Waals surface area contributed by atoms with Crippen LogP contribution < -0.4 is 0 Å². The fourth-order valence-corrected chi connectivity index (χ4v) is 3.97. The summed E-state index contributed by atoms with van der Waals surface area (Å²) in [6.07, 6.45) is 4.06. The number of hydrogen-bond acceptors (Lipinski definition) is 3. The van der Waals surface area contributed by atoms with E-state index >= 15 is 0 Å². The highest BCUT2D eigenvalue weighted by molar-refractivity contribution is 5.60. The van der Waals surface area contributed by atoms with Crippen LogP contribution in [0, 0.1) is 16.0 Å². The Morgan fingerprint density at radius 3 is 2.65 bits per heavy atom. The fourth-order valence-electron chi connectivity index (χ4n) is 3.97. The summed E-state index contributed by atoms with van der Waals surface area (Å²) in [5.41, 5.74) is 2.01. The molecule has 0 N–H and O–H groups in total. The van der Waals surface area contributed by atoms with Gasteiger partial charge in [0.2, 0.25) is 0 Å². The van der Waals surface area contributed by atoms with Gasteiger partial charge in [0.25, 0.3) is 5.54 Å². The average Bonchev–Trinajstić information content (AvgIpc) is 2.95. The molecule has 2 aliphatic rings. The quantitative estimate of drug-likeness (QED) is 0.645. The highest BCUT2D eigenvalue weighted by Gasteiger charge is 2.58. The van der Waals surface area contributed by atoms with Crippen LogP contribution in [0.3, 0.4) is 0 Å². The first kappa shape index (κ1) is 14.2. The molecule has 2 atom stereocenters. The van der Waals surface area contributed by atoms with E-state index in [1.807, 2.05) is 54.6 Å². The zero-order chi connectivity index (χ0) is 15.9. The van der Waals surface area contributed by atoms with E-state index < -0.39 is 5.54 Å². The first-order chi connectivity index (χ1) is 11.2. The maximum absolute atomic E-state index is 12.1. The Labute approximate surface area is 135 Å². The summed E-state index contributed by atoms with van der Waals surface area (Å²) in [7, 11) is 0. The van der Waals surface area contributed by atoms with E-state index in [-0.39, 0.29) is 10.8 Å². The Balaban J connectivity index is 1.70. The average molecular weight is 306 g/mol. The second-order valence-electron chi connectivity index (χ2n) is 6.39. The van der Waals surface area contributed by atoms with Crippen molar-refractivity contribution < 1.29 is 4.92 Å². The van der Waals surface area contributed by atoms with Crippen LogP contribution in [0.15, 0.2) is 60.7 Å².